The number of nitrogens with zero attached hydrogens (tertiary/aromatic N) is 5. The zero-order valence-electron chi connectivity index (χ0n) is 16.9. The molecule has 0 spiro atoms. The second-order valence-electron chi connectivity index (χ2n) is 7.17. The Balaban J connectivity index is 3.41. The van der Waals surface area contributed by atoms with Crippen LogP contribution in [0.3, 0.4) is 0 Å². The topological polar surface area (TPSA) is 96.0 Å². The minimum Gasteiger partial charge on any atom is -0.371 e. The third-order valence-electron chi connectivity index (χ3n) is 4.19. The largest absolute Gasteiger partial charge is 0.429 e. The molecule has 164 valence electrons. The third-order valence-corrected chi connectivity index (χ3v) is 4.19. The number of hydrogen-bond donors (Lipinski definition) is 0. The summed E-state index contributed by atoms with van der Waals surface area (Å²) in [7, 11) is 7.46. The normalized spacial score (nSPS) is 11.9. The molecule has 1 aromatic rings. The van der Waals surface area contributed by atoms with Crippen LogP contribution in [-0.4, -0.2) is 74.0 Å². The average Bonchev–Trinajstić information content (AvgIpc) is 2.57. The fraction of sp³-hybridized carbons (Fsp3) is 0.647. The van der Waals surface area contributed by atoms with Crippen LogP contribution in [0.25, 0.3) is 0 Å². The number of benzene rings is 1. The first kappa shape index (κ1) is 24.6. The zero-order valence-corrected chi connectivity index (χ0v) is 16.9. The molecule has 1 aromatic carbocycles. The van der Waals surface area contributed by atoms with Crippen molar-refractivity contribution in [3.8, 4) is 0 Å². The van der Waals surface area contributed by atoms with Crippen molar-refractivity contribution in [3.05, 3.63) is 37.9 Å². The van der Waals surface area contributed by atoms with E-state index in [0.717, 1.165) is 12.1 Å². The van der Waals surface area contributed by atoms with Gasteiger partial charge in [-0.05, 0) is 54.1 Å². The van der Waals surface area contributed by atoms with Crippen LogP contribution in [-0.2, 0) is 6.18 Å². The van der Waals surface area contributed by atoms with Gasteiger partial charge < -0.3 is 14.7 Å². The molecule has 0 aliphatic heterocycles. The van der Waals surface area contributed by atoms with Crippen LogP contribution in [0.15, 0.2) is 12.1 Å². The van der Waals surface area contributed by atoms with Crippen LogP contribution in [0.4, 0.5) is 30.2 Å². The van der Waals surface area contributed by atoms with Crippen molar-refractivity contribution < 1.29 is 23.0 Å². The summed E-state index contributed by atoms with van der Waals surface area (Å²) in [6.07, 6.45) is -3.95. The molecule has 0 saturated heterocycles. The fourth-order valence-electron chi connectivity index (χ4n) is 2.88. The van der Waals surface area contributed by atoms with E-state index < -0.39 is 33.0 Å². The highest BCUT2D eigenvalue weighted by Crippen LogP contribution is 2.44. The van der Waals surface area contributed by atoms with Gasteiger partial charge in [-0.15, -0.1) is 0 Å². The van der Waals surface area contributed by atoms with Crippen molar-refractivity contribution in [1.82, 2.24) is 9.80 Å². The van der Waals surface area contributed by atoms with Crippen molar-refractivity contribution in [2.24, 2.45) is 0 Å². The number of nitro groups is 2. The molecule has 12 heteroatoms. The predicted molar refractivity (Wildman–Crippen MR) is 103 cm³/mol. The smallest absolute Gasteiger partial charge is 0.371 e. The Labute approximate surface area is 167 Å². The zero-order chi connectivity index (χ0) is 22.4. The molecule has 0 N–H and O–H groups in total. The van der Waals surface area contributed by atoms with Crippen LogP contribution in [0.5, 0.6) is 0 Å². The van der Waals surface area contributed by atoms with Gasteiger partial charge in [-0.1, -0.05) is 0 Å². The van der Waals surface area contributed by atoms with Gasteiger partial charge in [0, 0.05) is 25.2 Å². The quantitative estimate of drug-likeness (QED) is 0.400. The molecule has 0 atom stereocenters. The van der Waals surface area contributed by atoms with Gasteiger partial charge in [-0.3, -0.25) is 20.2 Å². The highest BCUT2D eigenvalue weighted by atomic mass is 19.4. The molecule has 0 bridgehead atoms. The van der Waals surface area contributed by atoms with E-state index >= 15 is 0 Å². The molecule has 0 aromatic heterocycles. The first-order chi connectivity index (χ1) is 13.3. The first-order valence-electron chi connectivity index (χ1n) is 8.93. The molecule has 29 heavy (non-hydrogen) atoms. The molecule has 0 amide bonds. The molecule has 1 rings (SSSR count). The van der Waals surface area contributed by atoms with E-state index in [1.54, 1.807) is 4.90 Å². The minimum atomic E-state index is -5.22. The molecule has 0 aliphatic carbocycles. The lowest BCUT2D eigenvalue weighted by molar-refractivity contribution is -0.399. The Kier molecular flexibility index (Phi) is 8.77. The van der Waals surface area contributed by atoms with Gasteiger partial charge in [0.05, 0.1) is 15.5 Å². The summed E-state index contributed by atoms with van der Waals surface area (Å²) >= 11 is 0. The summed E-state index contributed by atoms with van der Waals surface area (Å²) in [6, 6.07) is 1.56. The molecular formula is C17H26F3N5O4. The van der Waals surface area contributed by atoms with Crippen molar-refractivity contribution in [2.75, 3.05) is 59.3 Å². The molecule has 0 saturated carbocycles. The monoisotopic (exact) mass is 421 g/mol. The molecule has 9 nitrogen and oxygen atoms in total. The maximum Gasteiger partial charge on any atom is 0.429 e. The van der Waals surface area contributed by atoms with Crippen molar-refractivity contribution in [3.63, 3.8) is 0 Å². The van der Waals surface area contributed by atoms with Gasteiger partial charge in [-0.25, -0.2) is 0 Å². The standard InChI is InChI=1S/C17H26F3N5O4/c1-21(2)7-5-9-23(10-6-8-22(3)4)13-11-14(24(26)27)16(17(18,19)20)15(12-13)25(28)29/h11-12H,5-10H2,1-4H3. The summed E-state index contributed by atoms with van der Waals surface area (Å²) < 4.78 is 39.9. The number of nitro benzene ring substituents is 2. The third kappa shape index (κ3) is 7.46. The van der Waals surface area contributed by atoms with E-state index in [2.05, 4.69) is 0 Å². The Bertz CT molecular complexity index is 677. The summed E-state index contributed by atoms with van der Waals surface area (Å²) in [4.78, 5) is 25.6. The lowest BCUT2D eigenvalue weighted by atomic mass is 10.1. The van der Waals surface area contributed by atoms with Crippen LogP contribution < -0.4 is 4.90 Å². The van der Waals surface area contributed by atoms with Crippen LogP contribution in [0.1, 0.15) is 18.4 Å². The number of anilines is 1. The predicted octanol–water partition coefficient (Wildman–Crippen LogP) is 3.23. The van der Waals surface area contributed by atoms with Gasteiger partial charge in [0.1, 0.15) is 0 Å². The summed E-state index contributed by atoms with van der Waals surface area (Å²) in [5.41, 5.74) is -4.43. The highest BCUT2D eigenvalue weighted by Gasteiger charge is 2.46. The Morgan fingerprint density at radius 1 is 0.828 bits per heavy atom. The lowest BCUT2D eigenvalue weighted by Gasteiger charge is -2.26. The minimum absolute atomic E-state index is 0.0360. The lowest BCUT2D eigenvalue weighted by Crippen LogP contribution is -2.30. The number of halogens is 3. The number of hydrogen-bond acceptors (Lipinski definition) is 7. The maximum atomic E-state index is 13.3. The van der Waals surface area contributed by atoms with Crippen molar-refractivity contribution in [2.45, 2.75) is 19.0 Å². The van der Waals surface area contributed by atoms with Gasteiger partial charge >= 0.3 is 6.18 Å². The van der Waals surface area contributed by atoms with E-state index in [0.29, 0.717) is 39.0 Å². The highest BCUT2D eigenvalue weighted by molar-refractivity contribution is 5.66. The summed E-state index contributed by atoms with van der Waals surface area (Å²) in [5, 5.41) is 22.6. The summed E-state index contributed by atoms with van der Waals surface area (Å²) in [6.45, 7) is 2.17. The van der Waals surface area contributed by atoms with Gasteiger partial charge in [-0.2, -0.15) is 13.2 Å². The van der Waals surface area contributed by atoms with Crippen LogP contribution in [0.2, 0.25) is 0 Å². The molecule has 0 fully saturated rings. The van der Waals surface area contributed by atoms with Crippen molar-refractivity contribution in [1.29, 1.82) is 0 Å². The van der Waals surface area contributed by atoms with Gasteiger partial charge in [0.2, 0.25) is 5.56 Å². The van der Waals surface area contributed by atoms with Gasteiger partial charge in [0.15, 0.2) is 0 Å². The Morgan fingerprint density at radius 2 is 1.21 bits per heavy atom. The van der Waals surface area contributed by atoms with E-state index in [4.69, 9.17) is 0 Å². The average molecular weight is 421 g/mol. The van der Waals surface area contributed by atoms with Crippen LogP contribution in [0, 0.1) is 20.2 Å². The van der Waals surface area contributed by atoms with E-state index in [-0.39, 0.29) is 5.69 Å². The maximum absolute atomic E-state index is 13.3. The first-order valence-corrected chi connectivity index (χ1v) is 8.93. The van der Waals surface area contributed by atoms with Gasteiger partial charge in [0.25, 0.3) is 11.4 Å². The fourth-order valence-corrected chi connectivity index (χ4v) is 2.88. The Morgan fingerprint density at radius 3 is 1.48 bits per heavy atom. The molecule has 0 heterocycles. The number of rotatable bonds is 11. The molecule has 0 aliphatic rings. The van der Waals surface area contributed by atoms with Crippen molar-refractivity contribution >= 4 is 17.1 Å². The second-order valence-corrected chi connectivity index (χ2v) is 7.17. The van der Waals surface area contributed by atoms with E-state index in [1.807, 2.05) is 38.0 Å². The summed E-state index contributed by atoms with van der Waals surface area (Å²) in [5.74, 6) is 0. The van der Waals surface area contributed by atoms with E-state index in [1.165, 1.54) is 0 Å². The SMILES string of the molecule is CN(C)CCCN(CCCN(C)C)c1cc([N+](=O)[O-])c(C(F)(F)F)c([N+](=O)[O-])c1. The molecule has 0 unspecified atom stereocenters. The second kappa shape index (κ2) is 10.3. The molecule has 0 radical (unpaired) electrons. The van der Waals surface area contributed by atoms with E-state index in [9.17, 15) is 33.4 Å². The Hall–Kier alpha value is -2.47. The number of alkyl halides is 3. The molecular weight excluding hydrogens is 395 g/mol. The van der Waals surface area contributed by atoms with Crippen LogP contribution >= 0.6 is 0 Å².